The van der Waals surface area contributed by atoms with Gasteiger partial charge in [-0.1, -0.05) is 6.07 Å². The SMILES string of the molecule is CN(Cc1cccs1)c1cccnc1CN. The molecule has 2 aromatic rings. The first-order valence-electron chi connectivity index (χ1n) is 5.18. The molecule has 0 saturated carbocycles. The first kappa shape index (κ1) is 11.1. The number of aromatic nitrogens is 1. The fourth-order valence-corrected chi connectivity index (χ4v) is 2.41. The lowest BCUT2D eigenvalue weighted by atomic mass is 10.2. The lowest BCUT2D eigenvalue weighted by molar-refractivity contribution is 0.894. The zero-order chi connectivity index (χ0) is 11.4. The summed E-state index contributed by atoms with van der Waals surface area (Å²) in [6.07, 6.45) is 1.78. The fourth-order valence-electron chi connectivity index (χ4n) is 1.66. The van der Waals surface area contributed by atoms with E-state index in [1.807, 2.05) is 6.07 Å². The molecule has 2 rings (SSSR count). The third-order valence-corrected chi connectivity index (χ3v) is 3.31. The lowest BCUT2D eigenvalue weighted by Gasteiger charge is -2.20. The van der Waals surface area contributed by atoms with Gasteiger partial charge in [0.2, 0.25) is 0 Å². The topological polar surface area (TPSA) is 42.2 Å². The van der Waals surface area contributed by atoms with Crippen molar-refractivity contribution in [3.8, 4) is 0 Å². The van der Waals surface area contributed by atoms with Gasteiger partial charge in [0.05, 0.1) is 17.9 Å². The average molecular weight is 233 g/mol. The van der Waals surface area contributed by atoms with E-state index in [1.165, 1.54) is 4.88 Å². The van der Waals surface area contributed by atoms with Crippen molar-refractivity contribution in [2.24, 2.45) is 5.73 Å². The van der Waals surface area contributed by atoms with Crippen molar-refractivity contribution >= 4 is 17.0 Å². The number of anilines is 1. The highest BCUT2D eigenvalue weighted by Gasteiger charge is 2.07. The van der Waals surface area contributed by atoms with Crippen LogP contribution in [0.3, 0.4) is 0 Å². The van der Waals surface area contributed by atoms with E-state index in [9.17, 15) is 0 Å². The zero-order valence-electron chi connectivity index (χ0n) is 9.26. The number of pyridine rings is 1. The highest BCUT2D eigenvalue weighted by Crippen LogP contribution is 2.20. The van der Waals surface area contributed by atoms with Crippen LogP contribution in [0.2, 0.25) is 0 Å². The Morgan fingerprint density at radius 2 is 2.25 bits per heavy atom. The van der Waals surface area contributed by atoms with Gasteiger partial charge in [0.25, 0.3) is 0 Å². The van der Waals surface area contributed by atoms with Gasteiger partial charge in [-0.15, -0.1) is 11.3 Å². The average Bonchev–Trinajstić information content (AvgIpc) is 2.81. The van der Waals surface area contributed by atoms with Crippen molar-refractivity contribution < 1.29 is 0 Å². The van der Waals surface area contributed by atoms with Gasteiger partial charge in [0.1, 0.15) is 0 Å². The third-order valence-electron chi connectivity index (χ3n) is 2.44. The highest BCUT2D eigenvalue weighted by atomic mass is 32.1. The Labute approximate surface area is 99.5 Å². The fraction of sp³-hybridized carbons (Fsp3) is 0.250. The van der Waals surface area contributed by atoms with Crippen molar-refractivity contribution in [2.75, 3.05) is 11.9 Å². The molecule has 0 atom stereocenters. The Kier molecular flexibility index (Phi) is 3.54. The van der Waals surface area contributed by atoms with Gasteiger partial charge in [0.15, 0.2) is 0 Å². The molecule has 0 aromatic carbocycles. The second-order valence-corrected chi connectivity index (χ2v) is 4.64. The molecule has 0 unspecified atom stereocenters. The van der Waals surface area contributed by atoms with Crippen LogP contribution in [0.5, 0.6) is 0 Å². The maximum atomic E-state index is 5.68. The smallest absolute Gasteiger partial charge is 0.0772 e. The predicted octanol–water partition coefficient (Wildman–Crippen LogP) is 2.24. The Bertz CT molecular complexity index is 439. The predicted molar refractivity (Wildman–Crippen MR) is 68.6 cm³/mol. The quantitative estimate of drug-likeness (QED) is 0.880. The van der Waals surface area contributed by atoms with Crippen molar-refractivity contribution in [3.63, 3.8) is 0 Å². The number of thiophene rings is 1. The van der Waals surface area contributed by atoms with Crippen LogP contribution in [0.1, 0.15) is 10.6 Å². The second kappa shape index (κ2) is 5.09. The van der Waals surface area contributed by atoms with E-state index < -0.39 is 0 Å². The summed E-state index contributed by atoms with van der Waals surface area (Å²) in [7, 11) is 2.07. The minimum Gasteiger partial charge on any atom is -0.368 e. The second-order valence-electron chi connectivity index (χ2n) is 3.61. The summed E-state index contributed by atoms with van der Waals surface area (Å²) in [5.74, 6) is 0. The van der Waals surface area contributed by atoms with E-state index in [1.54, 1.807) is 17.5 Å². The van der Waals surface area contributed by atoms with Gasteiger partial charge in [-0.25, -0.2) is 0 Å². The van der Waals surface area contributed by atoms with Gasteiger partial charge in [-0.2, -0.15) is 0 Å². The van der Waals surface area contributed by atoms with E-state index in [0.717, 1.165) is 17.9 Å². The summed E-state index contributed by atoms with van der Waals surface area (Å²) in [5.41, 5.74) is 7.73. The molecule has 0 bridgehead atoms. The van der Waals surface area contributed by atoms with Crippen molar-refractivity contribution in [3.05, 3.63) is 46.4 Å². The summed E-state index contributed by atoms with van der Waals surface area (Å²) in [6, 6.07) is 8.21. The maximum Gasteiger partial charge on any atom is 0.0772 e. The number of nitrogens with two attached hydrogens (primary N) is 1. The molecule has 0 spiro atoms. The van der Waals surface area contributed by atoms with E-state index in [4.69, 9.17) is 5.73 Å². The third kappa shape index (κ3) is 2.40. The molecular formula is C12H15N3S. The molecule has 0 saturated heterocycles. The molecule has 0 aliphatic carbocycles. The van der Waals surface area contributed by atoms with Gasteiger partial charge in [-0.3, -0.25) is 4.98 Å². The zero-order valence-corrected chi connectivity index (χ0v) is 10.1. The standard InChI is InChI=1S/C12H15N3S/c1-15(9-10-4-3-7-16-10)12-5-2-6-14-11(12)8-13/h2-7H,8-9,13H2,1H3. The number of hydrogen-bond acceptors (Lipinski definition) is 4. The minimum absolute atomic E-state index is 0.477. The molecule has 0 aliphatic heterocycles. The number of rotatable bonds is 4. The largest absolute Gasteiger partial charge is 0.368 e. The van der Waals surface area contributed by atoms with Gasteiger partial charge in [0, 0.05) is 24.7 Å². The monoisotopic (exact) mass is 233 g/mol. The Morgan fingerprint density at radius 1 is 1.38 bits per heavy atom. The molecule has 0 radical (unpaired) electrons. The van der Waals surface area contributed by atoms with Crippen LogP contribution in [0, 0.1) is 0 Å². The van der Waals surface area contributed by atoms with E-state index >= 15 is 0 Å². The number of nitrogens with zero attached hydrogens (tertiary/aromatic N) is 2. The van der Waals surface area contributed by atoms with Crippen LogP contribution in [0.4, 0.5) is 5.69 Å². The first-order chi connectivity index (χ1) is 7.81. The van der Waals surface area contributed by atoms with E-state index in [-0.39, 0.29) is 0 Å². The van der Waals surface area contributed by atoms with Crippen LogP contribution in [-0.2, 0) is 13.1 Å². The summed E-state index contributed by atoms with van der Waals surface area (Å²) in [4.78, 5) is 7.81. The molecule has 84 valence electrons. The normalized spacial score (nSPS) is 10.4. The summed E-state index contributed by atoms with van der Waals surface area (Å²) < 4.78 is 0. The first-order valence-corrected chi connectivity index (χ1v) is 6.06. The molecule has 3 nitrogen and oxygen atoms in total. The van der Waals surface area contributed by atoms with Crippen molar-refractivity contribution in [1.29, 1.82) is 0 Å². The summed E-state index contributed by atoms with van der Waals surface area (Å²) in [5, 5.41) is 2.09. The molecule has 0 amide bonds. The van der Waals surface area contributed by atoms with E-state index in [2.05, 4.69) is 40.5 Å². The Morgan fingerprint density at radius 3 is 2.94 bits per heavy atom. The number of hydrogen-bond donors (Lipinski definition) is 1. The minimum atomic E-state index is 0.477. The van der Waals surface area contributed by atoms with Gasteiger partial charge < -0.3 is 10.6 Å². The molecule has 2 aromatic heterocycles. The van der Waals surface area contributed by atoms with Crippen LogP contribution < -0.4 is 10.6 Å². The van der Waals surface area contributed by atoms with Gasteiger partial charge >= 0.3 is 0 Å². The molecule has 16 heavy (non-hydrogen) atoms. The summed E-state index contributed by atoms with van der Waals surface area (Å²) >= 11 is 1.77. The Balaban J connectivity index is 2.17. The highest BCUT2D eigenvalue weighted by molar-refractivity contribution is 7.09. The molecule has 0 aliphatic rings. The van der Waals surface area contributed by atoms with Crippen LogP contribution in [-0.4, -0.2) is 12.0 Å². The molecular weight excluding hydrogens is 218 g/mol. The van der Waals surface area contributed by atoms with Crippen molar-refractivity contribution in [2.45, 2.75) is 13.1 Å². The molecule has 4 heteroatoms. The van der Waals surface area contributed by atoms with Gasteiger partial charge in [-0.05, 0) is 23.6 Å². The van der Waals surface area contributed by atoms with Crippen LogP contribution in [0.25, 0.3) is 0 Å². The lowest BCUT2D eigenvalue weighted by Crippen LogP contribution is -2.18. The maximum absolute atomic E-state index is 5.68. The van der Waals surface area contributed by atoms with Crippen LogP contribution in [0.15, 0.2) is 35.8 Å². The summed E-state index contributed by atoms with van der Waals surface area (Å²) in [6.45, 7) is 1.38. The van der Waals surface area contributed by atoms with Crippen LogP contribution >= 0.6 is 11.3 Å². The molecule has 2 heterocycles. The Hall–Kier alpha value is -1.39. The van der Waals surface area contributed by atoms with Crippen molar-refractivity contribution in [1.82, 2.24) is 4.98 Å². The van der Waals surface area contributed by atoms with E-state index in [0.29, 0.717) is 6.54 Å². The molecule has 0 fully saturated rings. The molecule has 2 N–H and O–H groups in total.